The summed E-state index contributed by atoms with van der Waals surface area (Å²) in [5, 5.41) is 9.88. The highest BCUT2D eigenvalue weighted by Crippen LogP contribution is 2.32. The lowest BCUT2D eigenvalue weighted by Gasteiger charge is -2.23. The normalized spacial score (nSPS) is 20.4. The van der Waals surface area contributed by atoms with Gasteiger partial charge in [0.15, 0.2) is 0 Å². The summed E-state index contributed by atoms with van der Waals surface area (Å²) in [4.78, 5) is 2.48. The molecule has 1 N–H and O–H groups in total. The molecular weight excluding hydrogens is 300 g/mol. The van der Waals surface area contributed by atoms with Gasteiger partial charge in [-0.2, -0.15) is 4.31 Å². The number of fused-ring (bicyclic) bond motifs is 1. The van der Waals surface area contributed by atoms with Gasteiger partial charge in [0.05, 0.1) is 11.0 Å². The molecule has 1 fully saturated rings. The maximum absolute atomic E-state index is 12.7. The van der Waals surface area contributed by atoms with Crippen molar-refractivity contribution in [2.45, 2.75) is 43.6 Å². The summed E-state index contributed by atoms with van der Waals surface area (Å²) in [6.45, 7) is 4.61. The highest BCUT2D eigenvalue weighted by molar-refractivity contribution is 7.89. The Morgan fingerprint density at radius 1 is 1.23 bits per heavy atom. The zero-order valence-corrected chi connectivity index (χ0v) is 13.8. The average molecular weight is 324 g/mol. The topological polar surface area (TPSA) is 60.9 Å². The minimum absolute atomic E-state index is 0.371. The first kappa shape index (κ1) is 15.8. The molecule has 0 bridgehead atoms. The van der Waals surface area contributed by atoms with Crippen LogP contribution in [-0.2, 0) is 16.4 Å². The predicted octanol–water partition coefficient (Wildman–Crippen LogP) is 1.60. The highest BCUT2D eigenvalue weighted by Gasteiger charge is 2.29. The van der Waals surface area contributed by atoms with Gasteiger partial charge in [-0.05, 0) is 43.4 Å². The summed E-state index contributed by atoms with van der Waals surface area (Å²) in [6.07, 6.45) is 3.13. The molecule has 2 aliphatic heterocycles. The average Bonchev–Trinajstić information content (AvgIpc) is 3.17. The summed E-state index contributed by atoms with van der Waals surface area (Å²) in [7, 11) is -3.37. The number of anilines is 1. The van der Waals surface area contributed by atoms with Crippen molar-refractivity contribution < 1.29 is 13.5 Å². The zero-order chi connectivity index (χ0) is 15.7. The Bertz CT molecular complexity index is 639. The molecule has 6 heteroatoms. The van der Waals surface area contributed by atoms with Gasteiger partial charge in [0.2, 0.25) is 10.0 Å². The van der Waals surface area contributed by atoms with Gasteiger partial charge in [0, 0.05) is 31.9 Å². The van der Waals surface area contributed by atoms with E-state index in [-0.39, 0.29) is 6.10 Å². The van der Waals surface area contributed by atoms with Crippen molar-refractivity contribution in [2.75, 3.05) is 31.1 Å². The molecule has 122 valence electrons. The van der Waals surface area contributed by atoms with E-state index in [0.29, 0.717) is 31.0 Å². The number of β-amino-alcohol motifs (C(OH)–C–C–N with tert-alkyl or cyclic N) is 1. The maximum Gasteiger partial charge on any atom is 0.243 e. The van der Waals surface area contributed by atoms with Gasteiger partial charge < -0.3 is 10.0 Å². The number of benzene rings is 1. The molecule has 0 amide bonds. The molecule has 0 aromatic heterocycles. The first-order chi connectivity index (χ1) is 10.5. The van der Waals surface area contributed by atoms with Gasteiger partial charge in [0.1, 0.15) is 0 Å². The van der Waals surface area contributed by atoms with Crippen molar-refractivity contribution in [3.8, 4) is 0 Å². The molecule has 3 rings (SSSR count). The fourth-order valence-corrected chi connectivity index (χ4v) is 4.77. The Morgan fingerprint density at radius 2 is 1.95 bits per heavy atom. The number of rotatable bonds is 5. The monoisotopic (exact) mass is 324 g/mol. The van der Waals surface area contributed by atoms with Crippen LogP contribution in [0.3, 0.4) is 0 Å². The molecule has 0 aliphatic carbocycles. The number of nitrogens with zero attached hydrogens (tertiary/aromatic N) is 2. The standard InChI is InChI=1S/C16H24N2O3S/c1-2-14(19)12-17-10-7-13-5-6-15(11-16(13)17)22(20,21)18-8-3-4-9-18/h5-6,11,14,19H,2-4,7-10,12H2,1H3/t14-/m1/s1. The Labute approximate surface area is 132 Å². The number of aliphatic hydroxyl groups is 1. The van der Waals surface area contributed by atoms with Crippen LogP contribution in [0.4, 0.5) is 5.69 Å². The number of aliphatic hydroxyl groups excluding tert-OH is 1. The maximum atomic E-state index is 12.7. The van der Waals surface area contributed by atoms with Gasteiger partial charge in [0.25, 0.3) is 0 Å². The lowest BCUT2D eigenvalue weighted by molar-refractivity contribution is 0.176. The summed E-state index contributed by atoms with van der Waals surface area (Å²) >= 11 is 0. The molecule has 0 saturated carbocycles. The van der Waals surface area contributed by atoms with E-state index in [1.165, 1.54) is 5.56 Å². The van der Waals surface area contributed by atoms with E-state index in [9.17, 15) is 13.5 Å². The van der Waals surface area contributed by atoms with Crippen LogP contribution in [0.2, 0.25) is 0 Å². The molecule has 2 heterocycles. The second-order valence-corrected chi connectivity index (χ2v) is 8.10. The SMILES string of the molecule is CC[C@@H](O)CN1CCc2ccc(S(=O)(=O)N3CCCC3)cc21. The third-order valence-electron chi connectivity index (χ3n) is 4.65. The Kier molecular flexibility index (Phi) is 4.43. The first-order valence-corrected chi connectivity index (χ1v) is 9.52. The van der Waals surface area contributed by atoms with Gasteiger partial charge in [-0.15, -0.1) is 0 Å². The largest absolute Gasteiger partial charge is 0.391 e. The predicted molar refractivity (Wildman–Crippen MR) is 86.6 cm³/mol. The Balaban J connectivity index is 1.88. The molecule has 2 aliphatic rings. The van der Waals surface area contributed by atoms with Gasteiger partial charge in [-0.3, -0.25) is 0 Å². The smallest absolute Gasteiger partial charge is 0.243 e. The van der Waals surface area contributed by atoms with Crippen LogP contribution < -0.4 is 4.90 Å². The zero-order valence-electron chi connectivity index (χ0n) is 13.0. The van der Waals surface area contributed by atoms with Crippen LogP contribution in [-0.4, -0.2) is 50.1 Å². The van der Waals surface area contributed by atoms with Crippen molar-refractivity contribution in [3.63, 3.8) is 0 Å². The molecule has 1 aromatic rings. The molecule has 1 saturated heterocycles. The molecular formula is C16H24N2O3S. The minimum atomic E-state index is -3.37. The number of hydrogen-bond acceptors (Lipinski definition) is 4. The van der Waals surface area contributed by atoms with Crippen molar-refractivity contribution in [1.82, 2.24) is 4.31 Å². The van der Waals surface area contributed by atoms with Crippen molar-refractivity contribution in [1.29, 1.82) is 0 Å². The van der Waals surface area contributed by atoms with E-state index in [1.807, 2.05) is 13.0 Å². The second kappa shape index (κ2) is 6.18. The van der Waals surface area contributed by atoms with E-state index < -0.39 is 10.0 Å². The third kappa shape index (κ3) is 2.87. The van der Waals surface area contributed by atoms with Gasteiger partial charge in [-0.1, -0.05) is 13.0 Å². The van der Waals surface area contributed by atoms with Crippen molar-refractivity contribution in [2.24, 2.45) is 0 Å². The van der Waals surface area contributed by atoms with Gasteiger partial charge >= 0.3 is 0 Å². The van der Waals surface area contributed by atoms with E-state index in [4.69, 9.17) is 0 Å². The van der Waals surface area contributed by atoms with Crippen LogP contribution in [0.5, 0.6) is 0 Å². The molecule has 22 heavy (non-hydrogen) atoms. The van der Waals surface area contributed by atoms with Crippen LogP contribution in [0, 0.1) is 0 Å². The molecule has 0 radical (unpaired) electrons. The third-order valence-corrected chi connectivity index (χ3v) is 6.55. The molecule has 1 atom stereocenters. The van der Waals surface area contributed by atoms with Crippen molar-refractivity contribution >= 4 is 15.7 Å². The summed E-state index contributed by atoms with van der Waals surface area (Å²) in [5.74, 6) is 0. The lowest BCUT2D eigenvalue weighted by atomic mass is 10.2. The van der Waals surface area contributed by atoms with Crippen LogP contribution in [0.1, 0.15) is 31.7 Å². The fourth-order valence-electron chi connectivity index (χ4n) is 3.24. The van der Waals surface area contributed by atoms with Crippen LogP contribution in [0.15, 0.2) is 23.1 Å². The number of hydrogen-bond donors (Lipinski definition) is 1. The quantitative estimate of drug-likeness (QED) is 0.894. The highest BCUT2D eigenvalue weighted by atomic mass is 32.2. The molecule has 0 spiro atoms. The summed E-state index contributed by atoms with van der Waals surface area (Å²) in [6, 6.07) is 5.45. The Morgan fingerprint density at radius 3 is 2.64 bits per heavy atom. The second-order valence-electron chi connectivity index (χ2n) is 6.16. The van der Waals surface area contributed by atoms with E-state index in [0.717, 1.165) is 31.5 Å². The Hall–Kier alpha value is -1.11. The van der Waals surface area contributed by atoms with Crippen LogP contribution in [0.25, 0.3) is 0 Å². The van der Waals surface area contributed by atoms with Crippen LogP contribution >= 0.6 is 0 Å². The first-order valence-electron chi connectivity index (χ1n) is 8.08. The summed E-state index contributed by atoms with van der Waals surface area (Å²) < 4.78 is 26.9. The van der Waals surface area contributed by atoms with E-state index in [2.05, 4.69) is 4.90 Å². The fraction of sp³-hybridized carbons (Fsp3) is 0.625. The van der Waals surface area contributed by atoms with Crippen molar-refractivity contribution in [3.05, 3.63) is 23.8 Å². The molecule has 5 nitrogen and oxygen atoms in total. The number of sulfonamides is 1. The lowest BCUT2D eigenvalue weighted by Crippen LogP contribution is -2.31. The molecule has 0 unspecified atom stereocenters. The van der Waals surface area contributed by atoms with E-state index >= 15 is 0 Å². The van der Waals surface area contributed by atoms with E-state index in [1.54, 1.807) is 16.4 Å². The molecule has 1 aromatic carbocycles. The summed E-state index contributed by atoms with van der Waals surface area (Å²) in [5.41, 5.74) is 2.14. The van der Waals surface area contributed by atoms with Gasteiger partial charge in [-0.25, -0.2) is 8.42 Å². The minimum Gasteiger partial charge on any atom is -0.391 e.